The number of rotatable bonds is 9. The Hall–Kier alpha value is -0.510. The van der Waals surface area contributed by atoms with Crippen molar-refractivity contribution in [2.24, 2.45) is 5.92 Å². The number of amides is 1. The third-order valence-corrected chi connectivity index (χ3v) is 7.53. The number of carbonyl (C=O) groups excluding carboxylic acids is 1. The van der Waals surface area contributed by atoms with E-state index in [1.54, 1.807) is 16.7 Å². The van der Waals surface area contributed by atoms with Gasteiger partial charge in [0.1, 0.15) is 10.9 Å². The molecule has 0 spiro atoms. The Labute approximate surface area is 188 Å². The number of benzene rings is 1. The number of piperazine rings is 1. The molecule has 1 N–H and O–H groups in total. The third kappa shape index (κ3) is 7.29. The summed E-state index contributed by atoms with van der Waals surface area (Å²) in [6.07, 6.45) is 2.33. The van der Waals surface area contributed by atoms with E-state index in [0.29, 0.717) is 31.2 Å². The summed E-state index contributed by atoms with van der Waals surface area (Å²) in [5, 5.41) is 0.336. The lowest BCUT2D eigenvalue weighted by Gasteiger charge is -2.37. The van der Waals surface area contributed by atoms with E-state index >= 15 is 0 Å². The van der Waals surface area contributed by atoms with Crippen LogP contribution in [-0.2, 0) is 14.8 Å². The number of halogens is 2. The van der Waals surface area contributed by atoms with Gasteiger partial charge in [-0.05, 0) is 42.5 Å². The normalized spacial score (nSPS) is 17.0. The van der Waals surface area contributed by atoms with Crippen LogP contribution in [0.4, 0.5) is 0 Å². The molecule has 0 aromatic heterocycles. The van der Waals surface area contributed by atoms with Gasteiger partial charge in [0.25, 0.3) is 0 Å². The molecule has 29 heavy (non-hydrogen) atoms. The molecule has 1 aromatic carbocycles. The number of thioether (sulfide) groups is 1. The van der Waals surface area contributed by atoms with E-state index in [9.17, 15) is 13.2 Å². The Morgan fingerprint density at radius 1 is 1.21 bits per heavy atom. The average Bonchev–Trinajstić information content (AvgIpc) is 2.66. The van der Waals surface area contributed by atoms with E-state index in [1.165, 1.54) is 18.2 Å². The largest absolute Gasteiger partial charge is 0.339 e. The van der Waals surface area contributed by atoms with E-state index in [-0.39, 0.29) is 20.8 Å². The number of hydrogen-bond acceptors (Lipinski definition) is 5. The summed E-state index contributed by atoms with van der Waals surface area (Å²) in [7, 11) is -3.99. The van der Waals surface area contributed by atoms with Crippen LogP contribution in [-0.4, -0.2) is 74.9 Å². The molecule has 10 heteroatoms. The molecule has 1 heterocycles. The zero-order chi connectivity index (χ0) is 21.6. The monoisotopic (exact) mass is 481 g/mol. The fourth-order valence-corrected chi connectivity index (χ4v) is 5.75. The van der Waals surface area contributed by atoms with Crippen LogP contribution in [0.3, 0.4) is 0 Å². The Kier molecular flexibility index (Phi) is 9.57. The van der Waals surface area contributed by atoms with Gasteiger partial charge < -0.3 is 4.90 Å². The minimum absolute atomic E-state index is 0.0697. The molecule has 0 aliphatic carbocycles. The van der Waals surface area contributed by atoms with Gasteiger partial charge in [-0.1, -0.05) is 37.0 Å². The van der Waals surface area contributed by atoms with Gasteiger partial charge in [-0.15, -0.1) is 0 Å². The molecule has 0 radical (unpaired) electrons. The number of nitrogens with zero attached hydrogens (tertiary/aromatic N) is 2. The maximum atomic E-state index is 13.1. The summed E-state index contributed by atoms with van der Waals surface area (Å²) in [5.41, 5.74) is 0. The van der Waals surface area contributed by atoms with E-state index in [1.807, 2.05) is 6.26 Å². The van der Waals surface area contributed by atoms with Crippen molar-refractivity contribution in [3.05, 3.63) is 28.2 Å². The molecular weight excluding hydrogens is 453 g/mol. The first-order chi connectivity index (χ1) is 13.6. The van der Waals surface area contributed by atoms with Gasteiger partial charge in [-0.3, -0.25) is 9.69 Å². The van der Waals surface area contributed by atoms with Crippen LogP contribution >= 0.6 is 35.0 Å². The topological polar surface area (TPSA) is 69.7 Å². The van der Waals surface area contributed by atoms with Gasteiger partial charge in [0.15, 0.2) is 0 Å². The van der Waals surface area contributed by atoms with Gasteiger partial charge in [-0.25, -0.2) is 8.42 Å². The highest BCUT2D eigenvalue weighted by atomic mass is 35.5. The molecule has 1 fully saturated rings. The standard InChI is InChI=1S/C19H29Cl2N3O3S2/c1-14(2)13-23-7-9-24(10-8-23)19(25)17(6-11-28-3)22-29(26,27)18-12-15(20)4-5-16(18)21/h4-5,12,14,17,22H,6-11,13H2,1-3H3. The smallest absolute Gasteiger partial charge is 0.242 e. The Bertz CT molecular complexity index is 798. The van der Waals surface area contributed by atoms with Gasteiger partial charge in [0.05, 0.1) is 5.02 Å². The zero-order valence-electron chi connectivity index (χ0n) is 17.0. The molecule has 1 saturated heterocycles. The van der Waals surface area contributed by atoms with Crippen LogP contribution in [0.1, 0.15) is 20.3 Å². The Balaban J connectivity index is 2.12. The van der Waals surface area contributed by atoms with Crippen LogP contribution in [0.2, 0.25) is 10.0 Å². The summed E-state index contributed by atoms with van der Waals surface area (Å²) in [6.45, 7) is 8.13. The predicted octanol–water partition coefficient (Wildman–Crippen LogP) is 3.19. The highest BCUT2D eigenvalue weighted by Crippen LogP contribution is 2.25. The van der Waals surface area contributed by atoms with E-state index in [2.05, 4.69) is 23.5 Å². The summed E-state index contributed by atoms with van der Waals surface area (Å²) in [6, 6.07) is 3.42. The minimum Gasteiger partial charge on any atom is -0.339 e. The number of nitrogens with one attached hydrogen (secondary N) is 1. The first-order valence-corrected chi connectivity index (χ1v) is 13.2. The number of carbonyl (C=O) groups is 1. The lowest BCUT2D eigenvalue weighted by molar-refractivity contribution is -0.134. The van der Waals surface area contributed by atoms with Gasteiger partial charge in [0.2, 0.25) is 15.9 Å². The van der Waals surface area contributed by atoms with Crippen LogP contribution in [0.5, 0.6) is 0 Å². The summed E-state index contributed by atoms with van der Waals surface area (Å²) < 4.78 is 28.4. The zero-order valence-corrected chi connectivity index (χ0v) is 20.2. The van der Waals surface area contributed by atoms with Crippen LogP contribution in [0, 0.1) is 5.92 Å². The van der Waals surface area contributed by atoms with E-state index in [4.69, 9.17) is 23.2 Å². The van der Waals surface area contributed by atoms with Crippen molar-refractivity contribution in [2.45, 2.75) is 31.2 Å². The van der Waals surface area contributed by atoms with Crippen molar-refractivity contribution in [1.82, 2.24) is 14.5 Å². The lowest BCUT2D eigenvalue weighted by Crippen LogP contribution is -2.55. The molecule has 1 aliphatic heterocycles. The van der Waals surface area contributed by atoms with Gasteiger partial charge >= 0.3 is 0 Å². The summed E-state index contributed by atoms with van der Waals surface area (Å²) in [4.78, 5) is 17.1. The van der Waals surface area contributed by atoms with Crippen LogP contribution in [0.15, 0.2) is 23.1 Å². The van der Waals surface area contributed by atoms with Crippen molar-refractivity contribution < 1.29 is 13.2 Å². The first-order valence-electron chi connectivity index (χ1n) is 9.61. The highest BCUT2D eigenvalue weighted by Gasteiger charge is 2.31. The molecule has 164 valence electrons. The van der Waals surface area contributed by atoms with E-state index < -0.39 is 16.1 Å². The summed E-state index contributed by atoms with van der Waals surface area (Å²) in [5.74, 6) is 1.04. The van der Waals surface area contributed by atoms with Gasteiger partial charge in [-0.2, -0.15) is 16.5 Å². The van der Waals surface area contributed by atoms with Gasteiger partial charge in [0, 0.05) is 37.7 Å². The second-order valence-electron chi connectivity index (χ2n) is 7.55. The molecule has 1 amide bonds. The Morgan fingerprint density at radius 3 is 2.45 bits per heavy atom. The molecular formula is C19H29Cl2N3O3S2. The van der Waals surface area contributed by atoms with Crippen molar-refractivity contribution in [2.75, 3.05) is 44.7 Å². The van der Waals surface area contributed by atoms with Crippen LogP contribution < -0.4 is 4.72 Å². The molecule has 1 aromatic rings. The first kappa shape index (κ1) is 24.8. The molecule has 2 rings (SSSR count). The lowest BCUT2D eigenvalue weighted by atomic mass is 10.1. The van der Waals surface area contributed by atoms with Crippen molar-refractivity contribution >= 4 is 50.9 Å². The van der Waals surface area contributed by atoms with Crippen LogP contribution in [0.25, 0.3) is 0 Å². The number of hydrogen-bond donors (Lipinski definition) is 1. The fraction of sp³-hybridized carbons (Fsp3) is 0.632. The minimum atomic E-state index is -3.99. The maximum Gasteiger partial charge on any atom is 0.242 e. The molecule has 0 bridgehead atoms. The third-order valence-electron chi connectivity index (χ3n) is 4.70. The molecule has 1 atom stereocenters. The molecule has 0 saturated carbocycles. The predicted molar refractivity (Wildman–Crippen MR) is 121 cm³/mol. The van der Waals surface area contributed by atoms with Crippen molar-refractivity contribution in [1.29, 1.82) is 0 Å². The fourth-order valence-electron chi connectivity index (χ4n) is 3.29. The highest BCUT2D eigenvalue weighted by molar-refractivity contribution is 7.98. The van der Waals surface area contributed by atoms with Crippen molar-refractivity contribution in [3.8, 4) is 0 Å². The molecule has 1 unspecified atom stereocenters. The second-order valence-corrected chi connectivity index (χ2v) is 11.1. The SMILES string of the molecule is CSCCC(NS(=O)(=O)c1cc(Cl)ccc1Cl)C(=O)N1CCN(CC(C)C)CC1. The molecule has 1 aliphatic rings. The number of sulfonamides is 1. The Morgan fingerprint density at radius 2 is 1.86 bits per heavy atom. The quantitative estimate of drug-likeness (QED) is 0.586. The molecule has 6 nitrogen and oxygen atoms in total. The summed E-state index contributed by atoms with van der Waals surface area (Å²) >= 11 is 13.6. The van der Waals surface area contributed by atoms with E-state index in [0.717, 1.165) is 19.6 Å². The maximum absolute atomic E-state index is 13.1. The second kappa shape index (κ2) is 11.2. The average molecular weight is 482 g/mol. The van der Waals surface area contributed by atoms with Crippen molar-refractivity contribution in [3.63, 3.8) is 0 Å².